The number of rotatable bonds is 0. The Bertz CT molecular complexity index is 6.00. The molecule has 33 valence electrons. The molecule has 4 heavy (non-hydrogen) atoms. The third-order valence-corrected chi connectivity index (χ3v) is 0. The van der Waals surface area contributed by atoms with Crippen LogP contribution in [0.15, 0.2) is 0 Å². The Morgan fingerprint density at radius 1 is 0.750 bits per heavy atom. The van der Waals surface area contributed by atoms with Crippen LogP contribution in [0.1, 0.15) is 0 Å². The second kappa shape index (κ2) is 48.3. The molecule has 0 saturated carbocycles. The van der Waals surface area contributed by atoms with Crippen molar-refractivity contribution in [2.75, 3.05) is 0 Å². The van der Waals surface area contributed by atoms with Gasteiger partial charge in [0.05, 0.1) is 0 Å². The van der Waals surface area contributed by atoms with E-state index in [4.69, 9.17) is 0 Å². The molecule has 2 nitrogen and oxygen atoms in total. The van der Waals surface area contributed by atoms with Gasteiger partial charge in [0.2, 0.25) is 0 Å². The van der Waals surface area contributed by atoms with Gasteiger partial charge in [0.25, 0.3) is 0 Å². The molecule has 0 spiro atoms. The molecule has 0 aromatic heterocycles. The van der Waals surface area contributed by atoms with E-state index in [1.165, 1.54) is 0 Å². The second-order valence-corrected chi connectivity index (χ2v) is 0. The van der Waals surface area contributed by atoms with E-state index in [0.717, 1.165) is 0 Å². The van der Waals surface area contributed by atoms with Crippen LogP contribution in [0.25, 0.3) is 0 Å². The van der Waals surface area contributed by atoms with Crippen molar-refractivity contribution in [1.29, 1.82) is 0 Å². The summed E-state index contributed by atoms with van der Waals surface area (Å²) in [5, 5.41) is 0. The van der Waals surface area contributed by atoms with Crippen LogP contribution in [-0.4, -0.2) is 11.0 Å². The predicted molar refractivity (Wildman–Crippen MR) is 17.6 cm³/mol. The Kier molecular flexibility index (Phi) is 1360. The average molecular weight is 129 g/mol. The minimum Gasteiger partial charge on any atom is -0.412 e. The first-order chi connectivity index (χ1) is 0. The van der Waals surface area contributed by atoms with E-state index in [9.17, 15) is 0 Å². The van der Waals surface area contributed by atoms with Gasteiger partial charge in [-0.05, 0) is 0 Å². The summed E-state index contributed by atoms with van der Waals surface area (Å²) in [5.74, 6) is 0. The van der Waals surface area contributed by atoms with Crippen LogP contribution in [0.2, 0.25) is 0 Å². The largest absolute Gasteiger partial charge is 0.412 e. The van der Waals surface area contributed by atoms with Gasteiger partial charge in [0.1, 0.15) is 0 Å². The first-order valence-corrected chi connectivity index (χ1v) is 0. The predicted octanol–water partition coefficient (Wildman–Crippen LogP) is -1.54. The summed E-state index contributed by atoms with van der Waals surface area (Å²) in [6.45, 7) is 0. The molecule has 1 radical (unpaired) electrons. The zero-order valence-electron chi connectivity index (χ0n) is 1.83. The topological polar surface area (TPSA) is 63.0 Å². The molecule has 0 fully saturated rings. The summed E-state index contributed by atoms with van der Waals surface area (Å²) in [5.41, 5.74) is 0. The van der Waals surface area contributed by atoms with Crippen LogP contribution in [0, 0.1) is 0 Å². The Balaban J connectivity index is 0. The van der Waals surface area contributed by atoms with E-state index in [0.29, 0.717) is 0 Å². The summed E-state index contributed by atoms with van der Waals surface area (Å²) in [7, 11) is 0. The van der Waals surface area contributed by atoms with Gasteiger partial charge >= 0.3 is 0 Å². The Morgan fingerprint density at radius 3 is 0.750 bits per heavy atom. The maximum Gasteiger partial charge on any atom is 0 e. The van der Waals surface area contributed by atoms with Crippen molar-refractivity contribution in [3.63, 3.8) is 0 Å². The van der Waals surface area contributed by atoms with Gasteiger partial charge < -0.3 is 11.0 Å². The van der Waals surface area contributed by atoms with Gasteiger partial charge in [-0.1, -0.05) is 0 Å². The molecule has 0 aromatic rings. The summed E-state index contributed by atoms with van der Waals surface area (Å²) >= 11 is 0. The van der Waals surface area contributed by atoms with Crippen LogP contribution >= 0.6 is 13.5 Å². The molecule has 0 aromatic carbocycles. The average Bonchev–Trinajstić information content (AvgIpc) is 0. The molecule has 0 rings (SSSR count). The van der Waals surface area contributed by atoms with Crippen molar-refractivity contribution in [2.45, 2.75) is 0 Å². The molecule has 0 aliphatic carbocycles. The van der Waals surface area contributed by atoms with E-state index in [1.807, 2.05) is 0 Å². The SMILES string of the molecule is O.O.S.[Co]. The Hall–Kier alpha value is 0.776. The zero-order valence-corrected chi connectivity index (χ0v) is 3.87. The molecule has 0 heterocycles. The molecule has 0 atom stereocenters. The third kappa shape index (κ3) is 14.5. The summed E-state index contributed by atoms with van der Waals surface area (Å²) < 4.78 is 0. The van der Waals surface area contributed by atoms with Gasteiger partial charge in [0, 0.05) is 16.8 Å². The second-order valence-electron chi connectivity index (χ2n) is 0. The van der Waals surface area contributed by atoms with Crippen molar-refractivity contribution in [3.05, 3.63) is 0 Å². The van der Waals surface area contributed by atoms with Crippen LogP contribution in [0.3, 0.4) is 0 Å². The Labute approximate surface area is 41.8 Å². The quantitative estimate of drug-likeness (QED) is 0.380. The minimum absolute atomic E-state index is 0. The molecular formula is H6CoO2S. The molecule has 0 amide bonds. The summed E-state index contributed by atoms with van der Waals surface area (Å²) in [6, 6.07) is 0. The minimum atomic E-state index is 0. The molecule has 0 saturated heterocycles. The first-order valence-electron chi connectivity index (χ1n) is 0. The third-order valence-electron chi connectivity index (χ3n) is 0. The van der Waals surface area contributed by atoms with Crippen molar-refractivity contribution in [2.24, 2.45) is 0 Å². The zero-order chi connectivity index (χ0) is 0. The van der Waals surface area contributed by atoms with Crippen LogP contribution in [0.4, 0.5) is 0 Å². The first kappa shape index (κ1) is 113. The van der Waals surface area contributed by atoms with Crippen molar-refractivity contribution >= 4 is 13.5 Å². The standard InChI is InChI=1S/Co.2H2O.H2S/h;3*1H2. The maximum atomic E-state index is 0. The normalized spacial score (nSPS) is 0. The van der Waals surface area contributed by atoms with Gasteiger partial charge in [-0.2, -0.15) is 13.5 Å². The van der Waals surface area contributed by atoms with Crippen molar-refractivity contribution < 1.29 is 27.7 Å². The molecular weight excluding hydrogens is 123 g/mol. The maximum absolute atomic E-state index is 0. The van der Waals surface area contributed by atoms with Gasteiger partial charge in [-0.3, -0.25) is 0 Å². The summed E-state index contributed by atoms with van der Waals surface area (Å²) in [4.78, 5) is 0. The monoisotopic (exact) mass is 129 g/mol. The smallest absolute Gasteiger partial charge is 0 e. The van der Waals surface area contributed by atoms with E-state index in [1.54, 1.807) is 0 Å². The van der Waals surface area contributed by atoms with Crippen LogP contribution in [0.5, 0.6) is 0 Å². The van der Waals surface area contributed by atoms with E-state index >= 15 is 0 Å². The summed E-state index contributed by atoms with van der Waals surface area (Å²) in [6.07, 6.45) is 0. The van der Waals surface area contributed by atoms with Gasteiger partial charge in [-0.15, -0.1) is 0 Å². The molecule has 0 aliphatic rings. The fourth-order valence-electron chi connectivity index (χ4n) is 0. The van der Waals surface area contributed by atoms with E-state index in [-0.39, 0.29) is 41.2 Å². The fourth-order valence-corrected chi connectivity index (χ4v) is 0. The van der Waals surface area contributed by atoms with E-state index < -0.39 is 0 Å². The molecule has 0 unspecified atom stereocenters. The van der Waals surface area contributed by atoms with Gasteiger partial charge in [0.15, 0.2) is 0 Å². The van der Waals surface area contributed by atoms with E-state index in [2.05, 4.69) is 0 Å². The molecule has 0 bridgehead atoms. The molecule has 4 heteroatoms. The van der Waals surface area contributed by atoms with Crippen LogP contribution < -0.4 is 0 Å². The Morgan fingerprint density at radius 2 is 0.750 bits per heavy atom. The number of hydrogen-bond donors (Lipinski definition) is 0. The van der Waals surface area contributed by atoms with Crippen LogP contribution in [-0.2, 0) is 16.8 Å². The molecule has 4 N–H and O–H groups in total. The van der Waals surface area contributed by atoms with Crippen molar-refractivity contribution in [3.8, 4) is 0 Å². The van der Waals surface area contributed by atoms with Gasteiger partial charge in [-0.25, -0.2) is 0 Å². The number of hydrogen-bond acceptors (Lipinski definition) is 0. The fraction of sp³-hybridized carbons (Fsp3) is 0. The molecule has 0 aliphatic heterocycles. The van der Waals surface area contributed by atoms with Crippen molar-refractivity contribution in [1.82, 2.24) is 0 Å².